The molecule has 0 saturated carbocycles. The zero-order valence-corrected chi connectivity index (χ0v) is 11.1. The maximum absolute atomic E-state index is 6.00. The van der Waals surface area contributed by atoms with Gasteiger partial charge in [0, 0.05) is 12.6 Å². The average molecular weight is 242 g/mol. The van der Waals surface area contributed by atoms with Crippen LogP contribution in [0.1, 0.15) is 27.7 Å². The second kappa shape index (κ2) is 3.52. The molecule has 1 aromatic rings. The first-order chi connectivity index (χ1) is 7.24. The first-order valence-corrected chi connectivity index (χ1v) is 5.79. The van der Waals surface area contributed by atoms with Crippen LogP contribution in [0.15, 0.2) is 12.1 Å². The number of rotatable bonds is 1. The first-order valence-electron chi connectivity index (χ1n) is 5.41. The molecule has 1 aliphatic rings. The van der Waals surface area contributed by atoms with Crippen molar-refractivity contribution in [2.75, 3.05) is 0 Å². The third kappa shape index (κ3) is 1.69. The van der Waals surface area contributed by atoms with E-state index in [1.54, 1.807) is 0 Å². The van der Waals surface area contributed by atoms with Gasteiger partial charge in [0.1, 0.15) is 5.15 Å². The van der Waals surface area contributed by atoms with Crippen molar-refractivity contribution < 1.29 is 9.31 Å². The van der Waals surface area contributed by atoms with E-state index in [1.807, 2.05) is 51.4 Å². The van der Waals surface area contributed by atoms with Crippen molar-refractivity contribution in [1.82, 2.24) is 4.57 Å². The second-order valence-corrected chi connectivity index (χ2v) is 5.62. The second-order valence-electron chi connectivity index (χ2n) is 5.23. The van der Waals surface area contributed by atoms with Crippen molar-refractivity contribution in [2.24, 2.45) is 7.05 Å². The van der Waals surface area contributed by atoms with E-state index in [4.69, 9.17) is 20.9 Å². The summed E-state index contributed by atoms with van der Waals surface area (Å²) in [7, 11) is 1.56. The fraction of sp³-hybridized carbons (Fsp3) is 0.636. The Bertz CT molecular complexity index is 398. The summed E-state index contributed by atoms with van der Waals surface area (Å²) in [5.41, 5.74) is 0.326. The van der Waals surface area contributed by atoms with Crippen molar-refractivity contribution in [3.8, 4) is 0 Å². The summed E-state index contributed by atoms with van der Waals surface area (Å²) in [4.78, 5) is 0. The van der Waals surface area contributed by atoms with E-state index in [-0.39, 0.29) is 18.3 Å². The van der Waals surface area contributed by atoms with Gasteiger partial charge in [0.2, 0.25) is 0 Å². The summed E-state index contributed by atoms with van der Waals surface area (Å²) in [6.45, 7) is 8.16. The maximum Gasteiger partial charge on any atom is 0.512 e. The number of nitrogens with zero attached hydrogens (tertiary/aromatic N) is 1. The number of halogens is 1. The van der Waals surface area contributed by atoms with E-state index in [0.29, 0.717) is 5.15 Å². The van der Waals surface area contributed by atoms with Crippen LogP contribution >= 0.6 is 11.6 Å². The molecule has 3 nitrogen and oxygen atoms in total. The van der Waals surface area contributed by atoms with Crippen molar-refractivity contribution in [3.63, 3.8) is 0 Å². The molecule has 0 aliphatic carbocycles. The molecule has 1 aliphatic heterocycles. The van der Waals surface area contributed by atoms with Crippen LogP contribution in [0.5, 0.6) is 0 Å². The predicted octanol–water partition coefficient (Wildman–Crippen LogP) is 1.98. The Morgan fingerprint density at radius 3 is 2.00 bits per heavy atom. The fourth-order valence-corrected chi connectivity index (χ4v) is 1.86. The van der Waals surface area contributed by atoms with Gasteiger partial charge in [-0.25, -0.2) is 0 Å². The minimum atomic E-state index is -0.345. The summed E-state index contributed by atoms with van der Waals surface area (Å²) in [5, 5.41) is 0.685. The number of aromatic nitrogens is 1. The molecule has 0 N–H and O–H groups in total. The molecule has 0 spiro atoms. The lowest BCUT2D eigenvalue weighted by Gasteiger charge is -2.32. The van der Waals surface area contributed by atoms with Crippen LogP contribution in [-0.4, -0.2) is 22.9 Å². The van der Waals surface area contributed by atoms with Gasteiger partial charge in [-0.15, -0.1) is 0 Å². The SMILES string of the molecule is Cn1c(Cl)ccc1B1OC(C)(C)C(C)(C)O1. The van der Waals surface area contributed by atoms with E-state index in [9.17, 15) is 0 Å². The van der Waals surface area contributed by atoms with Crippen LogP contribution in [0.3, 0.4) is 0 Å². The highest BCUT2D eigenvalue weighted by Gasteiger charge is 2.52. The van der Waals surface area contributed by atoms with E-state index < -0.39 is 0 Å². The highest BCUT2D eigenvalue weighted by Crippen LogP contribution is 2.36. The number of hydrogen-bond donors (Lipinski definition) is 0. The summed E-state index contributed by atoms with van der Waals surface area (Å²) in [5.74, 6) is 0. The van der Waals surface area contributed by atoms with Crippen LogP contribution < -0.4 is 5.59 Å². The largest absolute Gasteiger partial charge is 0.512 e. The van der Waals surface area contributed by atoms with Crippen molar-refractivity contribution in [1.29, 1.82) is 0 Å². The van der Waals surface area contributed by atoms with Gasteiger partial charge < -0.3 is 13.9 Å². The Labute approximate surface area is 102 Å². The molecule has 5 heteroatoms. The van der Waals surface area contributed by atoms with E-state index in [1.165, 1.54) is 0 Å². The number of hydrogen-bond acceptors (Lipinski definition) is 2. The minimum Gasteiger partial charge on any atom is -0.398 e. The van der Waals surface area contributed by atoms with Crippen LogP contribution in [0, 0.1) is 0 Å². The molecule has 88 valence electrons. The van der Waals surface area contributed by atoms with Gasteiger partial charge in [-0.1, -0.05) is 11.6 Å². The lowest BCUT2D eigenvalue weighted by Crippen LogP contribution is -2.41. The van der Waals surface area contributed by atoms with Gasteiger partial charge in [0.25, 0.3) is 0 Å². The summed E-state index contributed by atoms with van der Waals surface area (Å²) < 4.78 is 13.8. The van der Waals surface area contributed by atoms with Gasteiger partial charge in [-0.2, -0.15) is 0 Å². The van der Waals surface area contributed by atoms with Crippen molar-refractivity contribution in [2.45, 2.75) is 38.9 Å². The van der Waals surface area contributed by atoms with Gasteiger partial charge in [0.05, 0.1) is 11.2 Å². The molecule has 0 bridgehead atoms. The normalized spacial score (nSPS) is 22.8. The van der Waals surface area contributed by atoms with Gasteiger partial charge in [0.15, 0.2) is 0 Å². The minimum absolute atomic E-state index is 0.311. The molecule has 2 rings (SSSR count). The summed E-state index contributed by atoms with van der Waals surface area (Å²) >= 11 is 6.00. The lowest BCUT2D eigenvalue weighted by molar-refractivity contribution is 0.00578. The molecular formula is C11H17BClNO2. The van der Waals surface area contributed by atoms with Crippen LogP contribution in [0.2, 0.25) is 5.15 Å². The zero-order chi connectivity index (χ0) is 12.1. The van der Waals surface area contributed by atoms with Gasteiger partial charge >= 0.3 is 7.12 Å². The molecule has 0 radical (unpaired) electrons. The molecule has 1 fully saturated rings. The highest BCUT2D eigenvalue weighted by atomic mass is 35.5. The molecular weight excluding hydrogens is 224 g/mol. The fourth-order valence-electron chi connectivity index (χ4n) is 1.70. The summed E-state index contributed by atoms with van der Waals surface area (Å²) in [6, 6.07) is 3.78. The zero-order valence-electron chi connectivity index (χ0n) is 10.4. The van der Waals surface area contributed by atoms with Crippen molar-refractivity contribution >= 4 is 24.3 Å². The van der Waals surface area contributed by atoms with Gasteiger partial charge in [-0.3, -0.25) is 0 Å². The monoisotopic (exact) mass is 241 g/mol. The molecule has 1 aromatic heterocycles. The molecule has 1 saturated heterocycles. The Hall–Kier alpha value is -0.445. The van der Waals surface area contributed by atoms with E-state index in [0.717, 1.165) is 5.59 Å². The van der Waals surface area contributed by atoms with E-state index in [2.05, 4.69) is 0 Å². The molecule has 16 heavy (non-hydrogen) atoms. The van der Waals surface area contributed by atoms with Gasteiger partial charge in [-0.05, 0) is 39.8 Å². The molecule has 0 unspecified atom stereocenters. The average Bonchev–Trinajstić information content (AvgIpc) is 2.54. The highest BCUT2D eigenvalue weighted by molar-refractivity contribution is 6.61. The predicted molar refractivity (Wildman–Crippen MR) is 66.1 cm³/mol. The lowest BCUT2D eigenvalue weighted by atomic mass is 9.85. The van der Waals surface area contributed by atoms with E-state index >= 15 is 0 Å². The van der Waals surface area contributed by atoms with Crippen LogP contribution in [0.4, 0.5) is 0 Å². The smallest absolute Gasteiger partial charge is 0.398 e. The molecule has 2 heterocycles. The Kier molecular flexibility index (Phi) is 2.65. The first kappa shape index (κ1) is 12.0. The quantitative estimate of drug-likeness (QED) is 0.702. The summed E-state index contributed by atoms with van der Waals surface area (Å²) in [6.07, 6.45) is 0. The third-order valence-corrected chi connectivity index (χ3v) is 3.97. The van der Waals surface area contributed by atoms with Crippen LogP contribution in [0.25, 0.3) is 0 Å². The van der Waals surface area contributed by atoms with Crippen LogP contribution in [-0.2, 0) is 16.4 Å². The van der Waals surface area contributed by atoms with Crippen molar-refractivity contribution in [3.05, 3.63) is 17.3 Å². The standard InChI is InChI=1S/C11H17BClNO2/c1-10(2)11(3,4)16-12(15-10)8-6-7-9(13)14(8)5/h6-7H,1-5H3. The Morgan fingerprint density at radius 2 is 1.62 bits per heavy atom. The Morgan fingerprint density at radius 1 is 1.12 bits per heavy atom. The maximum atomic E-state index is 6.00. The third-order valence-electron chi connectivity index (χ3n) is 3.59. The molecule has 0 amide bonds. The topological polar surface area (TPSA) is 23.4 Å². The molecule has 0 aromatic carbocycles. The molecule has 0 atom stereocenters. The Balaban J connectivity index is 2.30.